The van der Waals surface area contributed by atoms with Gasteiger partial charge in [-0.2, -0.15) is 0 Å². The average Bonchev–Trinajstić information content (AvgIpc) is 2.56. The van der Waals surface area contributed by atoms with Crippen molar-refractivity contribution in [3.8, 4) is 5.75 Å². The zero-order valence-electron chi connectivity index (χ0n) is 14.1. The van der Waals surface area contributed by atoms with E-state index < -0.39 is 6.10 Å². The predicted molar refractivity (Wildman–Crippen MR) is 94.7 cm³/mol. The van der Waals surface area contributed by atoms with Gasteiger partial charge < -0.3 is 9.84 Å². The molecule has 23 heavy (non-hydrogen) atoms. The third-order valence-corrected chi connectivity index (χ3v) is 3.85. The second kappa shape index (κ2) is 9.33. The Hall–Kier alpha value is -1.84. The summed E-state index contributed by atoms with van der Waals surface area (Å²) in [5.74, 6) is 0.799. The van der Waals surface area contributed by atoms with Gasteiger partial charge >= 0.3 is 0 Å². The number of nitrogens with zero attached hydrogens (tertiary/aromatic N) is 1. The minimum absolute atomic E-state index is 0.317. The van der Waals surface area contributed by atoms with Gasteiger partial charge in [-0.15, -0.1) is 0 Å². The van der Waals surface area contributed by atoms with Crippen LogP contribution < -0.4 is 4.74 Å². The number of para-hydroxylation sites is 1. The molecule has 0 saturated carbocycles. The number of aliphatic hydroxyl groups is 1. The summed E-state index contributed by atoms with van der Waals surface area (Å²) >= 11 is 0. The number of benzene rings is 2. The lowest BCUT2D eigenvalue weighted by Crippen LogP contribution is -2.36. The summed E-state index contributed by atoms with van der Waals surface area (Å²) in [4.78, 5) is 2.29. The summed E-state index contributed by atoms with van der Waals surface area (Å²) in [6, 6.07) is 18.1. The van der Waals surface area contributed by atoms with E-state index in [9.17, 15) is 5.11 Å². The van der Waals surface area contributed by atoms with Crippen LogP contribution in [-0.2, 0) is 6.54 Å². The molecule has 3 nitrogen and oxygen atoms in total. The molecule has 0 amide bonds. The van der Waals surface area contributed by atoms with Gasteiger partial charge in [0.15, 0.2) is 0 Å². The Balaban J connectivity index is 1.87. The normalized spacial score (nSPS) is 12.3. The Labute approximate surface area is 139 Å². The largest absolute Gasteiger partial charge is 0.491 e. The highest BCUT2D eigenvalue weighted by molar-refractivity contribution is 5.25. The minimum atomic E-state index is -0.495. The Kier molecular flexibility index (Phi) is 7.11. The zero-order valence-corrected chi connectivity index (χ0v) is 14.1. The van der Waals surface area contributed by atoms with E-state index in [-0.39, 0.29) is 0 Å². The molecular formula is C20H27NO2. The molecule has 0 unspecified atom stereocenters. The number of hydrogen-bond donors (Lipinski definition) is 1. The van der Waals surface area contributed by atoms with Crippen molar-refractivity contribution in [2.45, 2.75) is 32.9 Å². The number of rotatable bonds is 9. The number of hydrogen-bond acceptors (Lipinski definition) is 3. The van der Waals surface area contributed by atoms with Gasteiger partial charge in [0.1, 0.15) is 18.5 Å². The van der Waals surface area contributed by atoms with Crippen LogP contribution in [0.5, 0.6) is 5.75 Å². The van der Waals surface area contributed by atoms with Crippen LogP contribution in [0.2, 0.25) is 0 Å². The first-order valence-corrected chi connectivity index (χ1v) is 8.31. The van der Waals surface area contributed by atoms with Gasteiger partial charge in [0.25, 0.3) is 0 Å². The Bertz CT molecular complexity index is 571. The smallest absolute Gasteiger partial charge is 0.119 e. The fraction of sp³-hybridized carbons (Fsp3) is 0.400. The lowest BCUT2D eigenvalue weighted by Gasteiger charge is -2.25. The molecule has 0 bridgehead atoms. The first-order valence-electron chi connectivity index (χ1n) is 8.31. The van der Waals surface area contributed by atoms with Crippen molar-refractivity contribution in [3.63, 3.8) is 0 Å². The molecule has 2 aromatic rings. The third kappa shape index (κ3) is 6.05. The predicted octanol–water partition coefficient (Wildman–Crippen LogP) is 3.65. The maximum Gasteiger partial charge on any atom is 0.119 e. The molecule has 0 aliphatic rings. The highest BCUT2D eigenvalue weighted by Crippen LogP contribution is 2.12. The molecule has 1 atom stereocenters. The van der Waals surface area contributed by atoms with E-state index in [1.807, 2.05) is 30.3 Å². The van der Waals surface area contributed by atoms with Gasteiger partial charge in [0.2, 0.25) is 0 Å². The van der Waals surface area contributed by atoms with Crippen molar-refractivity contribution in [1.29, 1.82) is 0 Å². The molecule has 2 rings (SSSR count). The highest BCUT2D eigenvalue weighted by Gasteiger charge is 2.13. The molecule has 1 N–H and O–H groups in total. The highest BCUT2D eigenvalue weighted by atomic mass is 16.5. The second-order valence-electron chi connectivity index (χ2n) is 5.94. The molecule has 0 fully saturated rings. The minimum Gasteiger partial charge on any atom is -0.491 e. The second-order valence-corrected chi connectivity index (χ2v) is 5.94. The van der Waals surface area contributed by atoms with Crippen molar-refractivity contribution in [2.24, 2.45) is 0 Å². The molecular weight excluding hydrogens is 286 g/mol. The SMILES string of the molecule is CCCN(Cc1ccccc1C)C[C@H](O)COc1ccccc1. The van der Waals surface area contributed by atoms with Crippen LogP contribution in [0.3, 0.4) is 0 Å². The lowest BCUT2D eigenvalue weighted by molar-refractivity contribution is 0.0655. The summed E-state index contributed by atoms with van der Waals surface area (Å²) in [7, 11) is 0. The van der Waals surface area contributed by atoms with Crippen LogP contribution in [-0.4, -0.2) is 35.8 Å². The Morgan fingerprint density at radius 2 is 1.74 bits per heavy atom. The maximum atomic E-state index is 10.3. The van der Waals surface area contributed by atoms with Crippen LogP contribution in [0.4, 0.5) is 0 Å². The summed E-state index contributed by atoms with van der Waals surface area (Å²) in [5.41, 5.74) is 2.61. The van der Waals surface area contributed by atoms with Crippen LogP contribution in [0.15, 0.2) is 54.6 Å². The van der Waals surface area contributed by atoms with Crippen LogP contribution >= 0.6 is 0 Å². The number of aryl methyl sites for hydroxylation is 1. The van der Waals surface area contributed by atoms with E-state index in [1.165, 1.54) is 11.1 Å². The Morgan fingerprint density at radius 1 is 1.04 bits per heavy atom. The summed E-state index contributed by atoms with van der Waals surface area (Å²) in [6.07, 6.45) is 0.573. The van der Waals surface area contributed by atoms with E-state index in [1.54, 1.807) is 0 Å². The molecule has 0 radical (unpaired) electrons. The van der Waals surface area contributed by atoms with Gasteiger partial charge in [0, 0.05) is 13.1 Å². The summed E-state index contributed by atoms with van der Waals surface area (Å²) in [5, 5.41) is 10.3. The topological polar surface area (TPSA) is 32.7 Å². The van der Waals surface area contributed by atoms with E-state index in [4.69, 9.17) is 4.74 Å². The van der Waals surface area contributed by atoms with Crippen molar-refractivity contribution < 1.29 is 9.84 Å². The number of ether oxygens (including phenoxy) is 1. The van der Waals surface area contributed by atoms with Crippen LogP contribution in [0.25, 0.3) is 0 Å². The number of aliphatic hydroxyl groups excluding tert-OH is 1. The molecule has 3 heteroatoms. The first-order chi connectivity index (χ1) is 11.2. The molecule has 0 aliphatic carbocycles. The van der Waals surface area contributed by atoms with Gasteiger partial charge in [0.05, 0.1) is 0 Å². The van der Waals surface area contributed by atoms with Gasteiger partial charge in [-0.3, -0.25) is 4.90 Å². The maximum absolute atomic E-state index is 10.3. The van der Waals surface area contributed by atoms with Gasteiger partial charge in [-0.1, -0.05) is 49.4 Å². The van der Waals surface area contributed by atoms with E-state index in [0.717, 1.165) is 25.3 Å². The monoisotopic (exact) mass is 313 g/mol. The fourth-order valence-corrected chi connectivity index (χ4v) is 2.64. The molecule has 124 valence electrons. The Morgan fingerprint density at radius 3 is 2.43 bits per heavy atom. The molecule has 0 saturated heterocycles. The quantitative estimate of drug-likeness (QED) is 0.767. The summed E-state index contributed by atoms with van der Waals surface area (Å²) in [6.45, 7) is 7.07. The standard InChI is InChI=1S/C20H27NO2/c1-3-13-21(14-18-10-8-7-9-17(18)2)15-19(22)16-23-20-11-5-4-6-12-20/h4-12,19,22H,3,13-16H2,1-2H3/t19-/m0/s1. The lowest BCUT2D eigenvalue weighted by atomic mass is 10.1. The van der Waals surface area contributed by atoms with Crippen molar-refractivity contribution in [3.05, 3.63) is 65.7 Å². The third-order valence-electron chi connectivity index (χ3n) is 3.85. The van der Waals surface area contributed by atoms with E-state index in [0.29, 0.717) is 13.2 Å². The van der Waals surface area contributed by atoms with E-state index >= 15 is 0 Å². The van der Waals surface area contributed by atoms with Gasteiger partial charge in [-0.05, 0) is 43.1 Å². The molecule has 0 heterocycles. The summed E-state index contributed by atoms with van der Waals surface area (Å²) < 4.78 is 5.64. The molecule has 2 aromatic carbocycles. The average molecular weight is 313 g/mol. The zero-order chi connectivity index (χ0) is 16.5. The van der Waals surface area contributed by atoms with Crippen molar-refractivity contribution >= 4 is 0 Å². The fourth-order valence-electron chi connectivity index (χ4n) is 2.64. The van der Waals surface area contributed by atoms with E-state index in [2.05, 4.69) is 43.0 Å². The van der Waals surface area contributed by atoms with Crippen molar-refractivity contribution in [2.75, 3.05) is 19.7 Å². The van der Waals surface area contributed by atoms with Gasteiger partial charge in [-0.25, -0.2) is 0 Å². The molecule has 0 aliphatic heterocycles. The van der Waals surface area contributed by atoms with Crippen LogP contribution in [0, 0.1) is 6.92 Å². The van der Waals surface area contributed by atoms with Crippen LogP contribution in [0.1, 0.15) is 24.5 Å². The molecule has 0 aromatic heterocycles. The molecule has 0 spiro atoms. The van der Waals surface area contributed by atoms with Crippen molar-refractivity contribution in [1.82, 2.24) is 4.90 Å². The first kappa shape index (κ1) is 17.5.